The first-order valence-electron chi connectivity index (χ1n) is 9.97. The van der Waals surface area contributed by atoms with Crippen molar-refractivity contribution < 1.29 is 22.8 Å². The number of carbonyl (C=O) groups excluding carboxylic acids is 2. The largest absolute Gasteiger partial charge is 0.459 e. The van der Waals surface area contributed by atoms with Crippen LogP contribution in [-0.2, 0) is 4.79 Å². The Balaban J connectivity index is 1.36. The summed E-state index contributed by atoms with van der Waals surface area (Å²) in [5.74, 6) is -3.80. The van der Waals surface area contributed by atoms with Gasteiger partial charge in [-0.25, -0.2) is 18.7 Å². The molecule has 3 heterocycles. The number of amides is 2. The smallest absolute Gasteiger partial charge is 0.291 e. The number of benzene rings is 1. The van der Waals surface area contributed by atoms with Crippen LogP contribution in [-0.4, -0.2) is 32.7 Å². The molecule has 1 aliphatic rings. The fourth-order valence-electron chi connectivity index (χ4n) is 3.57. The third kappa shape index (κ3) is 4.29. The van der Waals surface area contributed by atoms with Crippen molar-refractivity contribution in [1.82, 2.24) is 15.0 Å². The molecule has 0 unspecified atom stereocenters. The van der Waals surface area contributed by atoms with Crippen LogP contribution in [0.4, 0.5) is 20.2 Å². The summed E-state index contributed by atoms with van der Waals surface area (Å²) in [6.45, 7) is 0. The van der Waals surface area contributed by atoms with Crippen molar-refractivity contribution in [2.45, 2.75) is 18.8 Å². The van der Waals surface area contributed by atoms with Gasteiger partial charge in [0.15, 0.2) is 11.4 Å². The van der Waals surface area contributed by atoms with Gasteiger partial charge in [-0.3, -0.25) is 9.59 Å². The maximum absolute atomic E-state index is 13.0. The average Bonchev–Trinajstić information content (AvgIpc) is 3.43. The summed E-state index contributed by atoms with van der Waals surface area (Å²) in [5, 5.41) is 5.73. The Morgan fingerprint density at radius 3 is 2.70 bits per heavy atom. The third-order valence-corrected chi connectivity index (χ3v) is 5.62. The third-order valence-electron chi connectivity index (χ3n) is 5.29. The van der Waals surface area contributed by atoms with Crippen molar-refractivity contribution in [3.8, 4) is 11.4 Å². The Morgan fingerprint density at radius 1 is 1.15 bits per heavy atom. The van der Waals surface area contributed by atoms with E-state index in [4.69, 9.17) is 16.0 Å². The number of carbonyl (C=O) groups is 2. The summed E-state index contributed by atoms with van der Waals surface area (Å²) in [5.41, 5.74) is 2.26. The molecule has 0 aliphatic heterocycles. The second-order valence-corrected chi connectivity index (χ2v) is 8.16. The van der Waals surface area contributed by atoms with E-state index >= 15 is 0 Å². The zero-order valence-corrected chi connectivity index (χ0v) is 17.6. The van der Waals surface area contributed by atoms with Crippen LogP contribution in [0.1, 0.15) is 23.4 Å². The first kappa shape index (κ1) is 21.1. The van der Waals surface area contributed by atoms with Gasteiger partial charge in [-0.1, -0.05) is 11.6 Å². The SMILES string of the molecule is O=C(Nc1ccc(Cl)c(-c2nc3ncc(NC(=O)C4CC(F)(F)C4)cc3[nH]2)c1)c1ccco1. The number of pyridine rings is 1. The number of nitrogens with one attached hydrogen (secondary N) is 3. The predicted octanol–water partition coefficient (Wildman–Crippen LogP) is 5.11. The maximum atomic E-state index is 13.0. The molecule has 0 spiro atoms. The van der Waals surface area contributed by atoms with Gasteiger partial charge in [0.25, 0.3) is 5.91 Å². The molecule has 3 aromatic heterocycles. The number of hydrogen-bond acceptors (Lipinski definition) is 5. The van der Waals surface area contributed by atoms with Gasteiger partial charge in [0.2, 0.25) is 11.8 Å². The van der Waals surface area contributed by atoms with E-state index in [9.17, 15) is 18.4 Å². The number of imidazole rings is 1. The lowest BCUT2D eigenvalue weighted by molar-refractivity contribution is -0.145. The van der Waals surface area contributed by atoms with Gasteiger partial charge in [0.1, 0.15) is 5.82 Å². The molecule has 4 aromatic rings. The van der Waals surface area contributed by atoms with Crippen LogP contribution >= 0.6 is 11.6 Å². The van der Waals surface area contributed by atoms with Crippen molar-refractivity contribution in [1.29, 1.82) is 0 Å². The Kier molecular flexibility index (Phi) is 5.09. The molecule has 8 nitrogen and oxygen atoms in total. The van der Waals surface area contributed by atoms with Gasteiger partial charge in [-0.15, -0.1) is 0 Å². The molecule has 5 rings (SSSR count). The zero-order chi connectivity index (χ0) is 23.2. The topological polar surface area (TPSA) is 113 Å². The number of furan rings is 1. The van der Waals surface area contributed by atoms with Gasteiger partial charge in [0, 0.05) is 30.0 Å². The lowest BCUT2D eigenvalue weighted by Gasteiger charge is -2.33. The van der Waals surface area contributed by atoms with Crippen molar-refractivity contribution in [3.63, 3.8) is 0 Å². The highest BCUT2D eigenvalue weighted by Crippen LogP contribution is 2.42. The van der Waals surface area contributed by atoms with E-state index in [1.54, 1.807) is 36.4 Å². The van der Waals surface area contributed by atoms with E-state index in [0.717, 1.165) is 0 Å². The van der Waals surface area contributed by atoms with Crippen LogP contribution in [0, 0.1) is 5.92 Å². The first-order valence-corrected chi connectivity index (χ1v) is 10.3. The summed E-state index contributed by atoms with van der Waals surface area (Å²) in [6.07, 6.45) is 1.91. The summed E-state index contributed by atoms with van der Waals surface area (Å²) in [4.78, 5) is 36.1. The molecule has 2 amide bonds. The normalized spacial score (nSPS) is 15.2. The Labute approximate surface area is 190 Å². The Morgan fingerprint density at radius 2 is 1.97 bits per heavy atom. The molecular formula is C22H16ClF2N5O3. The number of aromatic nitrogens is 3. The fraction of sp³-hybridized carbons (Fsp3) is 0.182. The van der Waals surface area contributed by atoms with Crippen LogP contribution in [0.15, 0.2) is 53.3 Å². The van der Waals surface area contributed by atoms with E-state index in [1.165, 1.54) is 12.5 Å². The Bertz CT molecular complexity index is 1360. The van der Waals surface area contributed by atoms with Crippen LogP contribution in [0.25, 0.3) is 22.6 Å². The van der Waals surface area contributed by atoms with E-state index in [-0.39, 0.29) is 5.76 Å². The molecular weight excluding hydrogens is 456 g/mol. The molecule has 1 saturated carbocycles. The number of nitrogens with zero attached hydrogens (tertiary/aromatic N) is 2. The van der Waals surface area contributed by atoms with Crippen molar-refractivity contribution in [2.24, 2.45) is 5.92 Å². The van der Waals surface area contributed by atoms with Crippen LogP contribution in [0.2, 0.25) is 5.02 Å². The Hall–Kier alpha value is -3.79. The molecule has 1 aliphatic carbocycles. The van der Waals surface area contributed by atoms with Crippen LogP contribution in [0.5, 0.6) is 0 Å². The molecule has 0 saturated heterocycles. The van der Waals surface area contributed by atoms with Crippen molar-refractivity contribution >= 4 is 46.0 Å². The minimum Gasteiger partial charge on any atom is -0.459 e. The number of anilines is 2. The number of alkyl halides is 2. The molecule has 11 heteroatoms. The lowest BCUT2D eigenvalue weighted by Crippen LogP contribution is -2.42. The molecule has 3 N–H and O–H groups in total. The van der Waals surface area contributed by atoms with E-state index in [2.05, 4.69) is 25.6 Å². The maximum Gasteiger partial charge on any atom is 0.291 e. The first-order chi connectivity index (χ1) is 15.8. The van der Waals surface area contributed by atoms with Crippen LogP contribution < -0.4 is 10.6 Å². The van der Waals surface area contributed by atoms with Gasteiger partial charge in [-0.05, 0) is 36.4 Å². The second kappa shape index (κ2) is 7.96. The molecule has 0 atom stereocenters. The van der Waals surface area contributed by atoms with E-state index < -0.39 is 36.5 Å². The number of rotatable bonds is 5. The highest BCUT2D eigenvalue weighted by Gasteiger charge is 2.48. The molecule has 168 valence electrons. The van der Waals surface area contributed by atoms with Crippen molar-refractivity contribution in [2.75, 3.05) is 10.6 Å². The average molecular weight is 472 g/mol. The van der Waals surface area contributed by atoms with E-state index in [0.29, 0.717) is 38.9 Å². The molecule has 33 heavy (non-hydrogen) atoms. The van der Waals surface area contributed by atoms with E-state index in [1.807, 2.05) is 0 Å². The predicted molar refractivity (Wildman–Crippen MR) is 117 cm³/mol. The monoisotopic (exact) mass is 471 g/mol. The summed E-state index contributed by atoms with van der Waals surface area (Å²) < 4.78 is 31.1. The van der Waals surface area contributed by atoms with Gasteiger partial charge in [0.05, 0.1) is 28.7 Å². The number of aromatic amines is 1. The number of H-pyrrole nitrogens is 1. The number of halogens is 3. The highest BCUT2D eigenvalue weighted by molar-refractivity contribution is 6.33. The van der Waals surface area contributed by atoms with Gasteiger partial charge >= 0.3 is 0 Å². The molecule has 0 radical (unpaired) electrons. The zero-order valence-electron chi connectivity index (χ0n) is 16.9. The molecule has 0 bridgehead atoms. The quantitative estimate of drug-likeness (QED) is 0.374. The van der Waals surface area contributed by atoms with Crippen molar-refractivity contribution in [3.05, 3.63) is 59.6 Å². The fourth-order valence-corrected chi connectivity index (χ4v) is 3.78. The number of fused-ring (bicyclic) bond motifs is 1. The highest BCUT2D eigenvalue weighted by atomic mass is 35.5. The standard InChI is InChI=1S/C22H16ClF2N5O3/c23-15-4-3-12(27-21(32)17-2-1-5-33-17)6-14(15)18-29-16-7-13(10-26-19(16)30-18)28-20(31)11-8-22(24,25)9-11/h1-7,10-11H,8-9H2,(H,27,32)(H,28,31)(H,26,29,30). The van der Waals surface area contributed by atoms with Crippen LogP contribution in [0.3, 0.4) is 0 Å². The minimum absolute atomic E-state index is 0.166. The minimum atomic E-state index is -2.77. The second-order valence-electron chi connectivity index (χ2n) is 7.76. The molecule has 1 aromatic carbocycles. The lowest BCUT2D eigenvalue weighted by atomic mass is 9.81. The van der Waals surface area contributed by atoms with Gasteiger partial charge in [-0.2, -0.15) is 0 Å². The molecule has 1 fully saturated rings. The number of hydrogen-bond donors (Lipinski definition) is 3. The van der Waals surface area contributed by atoms with Gasteiger partial charge < -0.3 is 20.0 Å². The summed E-state index contributed by atoms with van der Waals surface area (Å²) in [6, 6.07) is 9.69. The summed E-state index contributed by atoms with van der Waals surface area (Å²) in [7, 11) is 0. The summed E-state index contributed by atoms with van der Waals surface area (Å²) >= 11 is 6.34.